The molecule has 0 fully saturated rings. The van der Waals surface area contributed by atoms with Crippen molar-refractivity contribution in [2.24, 2.45) is 0 Å². The molecule has 1 amide bonds. The van der Waals surface area contributed by atoms with Crippen LogP contribution in [0.1, 0.15) is 30.3 Å². The van der Waals surface area contributed by atoms with E-state index in [4.69, 9.17) is 20.3 Å². The van der Waals surface area contributed by atoms with Crippen LogP contribution < -0.4 is 10.5 Å². The van der Waals surface area contributed by atoms with Gasteiger partial charge in [-0.05, 0) is 43.8 Å². The Bertz CT molecular complexity index is 1170. The number of allylic oxidation sites excluding steroid dienone is 1. The number of nitrogen functional groups attached to an aromatic ring is 1. The SMILES string of the molecule is COc1ccccc1/C=C/C(=O)S/C(CCOP(=O)(O)O)=C(/C)N(C=O)Cc1cnc(C)nc1N. The minimum atomic E-state index is -4.71. The van der Waals surface area contributed by atoms with Crippen molar-refractivity contribution in [1.82, 2.24) is 14.9 Å². The quantitative estimate of drug-likeness (QED) is 0.213. The molecule has 2 aromatic rings. The third-order valence-corrected chi connectivity index (χ3v) is 6.27. The predicted octanol–water partition coefficient (Wildman–Crippen LogP) is 3.04. The summed E-state index contributed by atoms with van der Waals surface area (Å²) in [4.78, 5) is 52.4. The summed E-state index contributed by atoms with van der Waals surface area (Å²) in [5, 5.41) is -0.370. The first kappa shape index (κ1) is 28.2. The van der Waals surface area contributed by atoms with Crippen LogP contribution in [-0.2, 0) is 25.2 Å². The number of aromatic nitrogens is 2. The van der Waals surface area contributed by atoms with Crippen LogP contribution in [0.5, 0.6) is 5.75 Å². The number of phosphoric ester groups is 1. The molecule has 0 saturated carbocycles. The Labute approximate surface area is 207 Å². The van der Waals surface area contributed by atoms with Crippen molar-refractivity contribution in [3.05, 3.63) is 64.1 Å². The van der Waals surface area contributed by atoms with E-state index in [1.807, 2.05) is 0 Å². The van der Waals surface area contributed by atoms with E-state index < -0.39 is 7.82 Å². The number of carbonyl (C=O) groups excluding carboxylic acids is 2. The van der Waals surface area contributed by atoms with E-state index >= 15 is 0 Å². The number of amides is 1. The Morgan fingerprint density at radius 3 is 2.66 bits per heavy atom. The highest BCUT2D eigenvalue weighted by atomic mass is 32.2. The highest BCUT2D eigenvalue weighted by Crippen LogP contribution is 2.37. The summed E-state index contributed by atoms with van der Waals surface area (Å²) in [7, 11) is -3.18. The number of rotatable bonds is 12. The van der Waals surface area contributed by atoms with Gasteiger partial charge in [0.2, 0.25) is 11.5 Å². The highest BCUT2D eigenvalue weighted by molar-refractivity contribution is 8.17. The average Bonchev–Trinajstić information content (AvgIpc) is 2.80. The second-order valence-corrected chi connectivity index (χ2v) is 9.48. The number of carbonyl (C=O) groups is 2. The number of aryl methyl sites for hydroxylation is 1. The summed E-state index contributed by atoms with van der Waals surface area (Å²) in [5.74, 6) is 1.29. The monoisotopic (exact) mass is 522 g/mol. The van der Waals surface area contributed by atoms with E-state index in [9.17, 15) is 14.2 Å². The Morgan fingerprint density at radius 2 is 2.03 bits per heavy atom. The first-order chi connectivity index (χ1) is 16.5. The van der Waals surface area contributed by atoms with Crippen LogP contribution in [-0.4, -0.2) is 49.9 Å². The zero-order valence-electron chi connectivity index (χ0n) is 19.5. The van der Waals surface area contributed by atoms with Crippen molar-refractivity contribution in [2.45, 2.75) is 26.8 Å². The van der Waals surface area contributed by atoms with Crippen LogP contribution in [0.15, 0.2) is 47.1 Å². The van der Waals surface area contributed by atoms with E-state index in [2.05, 4.69) is 14.5 Å². The van der Waals surface area contributed by atoms with Gasteiger partial charge in [0, 0.05) is 34.3 Å². The zero-order valence-corrected chi connectivity index (χ0v) is 21.2. The van der Waals surface area contributed by atoms with Gasteiger partial charge in [-0.25, -0.2) is 14.5 Å². The molecule has 13 heteroatoms. The molecule has 188 valence electrons. The van der Waals surface area contributed by atoms with E-state index in [-0.39, 0.29) is 30.5 Å². The second-order valence-electron chi connectivity index (χ2n) is 7.14. The molecule has 0 aliphatic heterocycles. The molecule has 0 saturated heterocycles. The molecule has 0 aliphatic rings. The molecule has 1 aromatic heterocycles. The van der Waals surface area contributed by atoms with Crippen molar-refractivity contribution < 1.29 is 33.2 Å². The average molecular weight is 523 g/mol. The Balaban J connectivity index is 2.29. The smallest absolute Gasteiger partial charge is 0.469 e. The molecule has 1 aromatic carbocycles. The minimum absolute atomic E-state index is 0.0277. The number of phosphoric acid groups is 1. The Kier molecular flexibility index (Phi) is 10.6. The van der Waals surface area contributed by atoms with Crippen LogP contribution in [0, 0.1) is 6.92 Å². The van der Waals surface area contributed by atoms with Crippen LogP contribution in [0.4, 0.5) is 5.82 Å². The number of anilines is 1. The topological polar surface area (TPSA) is 165 Å². The summed E-state index contributed by atoms with van der Waals surface area (Å²) < 4.78 is 20.9. The summed E-state index contributed by atoms with van der Waals surface area (Å²) >= 11 is 0.814. The Hall–Kier alpha value is -3.02. The summed E-state index contributed by atoms with van der Waals surface area (Å²) in [6.45, 7) is 2.96. The number of nitrogens with two attached hydrogens (primary N) is 1. The summed E-state index contributed by atoms with van der Waals surface area (Å²) in [6, 6.07) is 7.15. The fourth-order valence-electron chi connectivity index (χ4n) is 2.89. The van der Waals surface area contributed by atoms with Crippen molar-refractivity contribution >= 4 is 43.0 Å². The van der Waals surface area contributed by atoms with Crippen molar-refractivity contribution in [1.29, 1.82) is 0 Å². The molecular weight excluding hydrogens is 495 g/mol. The lowest BCUT2D eigenvalue weighted by Crippen LogP contribution is -2.22. The molecule has 35 heavy (non-hydrogen) atoms. The van der Waals surface area contributed by atoms with Gasteiger partial charge in [-0.1, -0.05) is 18.2 Å². The van der Waals surface area contributed by atoms with Crippen LogP contribution in [0.3, 0.4) is 0 Å². The molecule has 0 spiro atoms. The van der Waals surface area contributed by atoms with Gasteiger partial charge in [0.05, 0.1) is 20.3 Å². The number of hydrogen-bond acceptors (Lipinski definition) is 9. The lowest BCUT2D eigenvalue weighted by Gasteiger charge is -2.22. The summed E-state index contributed by atoms with van der Waals surface area (Å²) in [5.41, 5.74) is 7.52. The Morgan fingerprint density at radius 1 is 1.31 bits per heavy atom. The molecule has 11 nitrogen and oxygen atoms in total. The van der Waals surface area contributed by atoms with Gasteiger partial charge in [-0.3, -0.25) is 14.1 Å². The normalized spacial score (nSPS) is 12.4. The molecule has 0 radical (unpaired) electrons. The van der Waals surface area contributed by atoms with Crippen LogP contribution in [0.2, 0.25) is 0 Å². The number of methoxy groups -OCH3 is 1. The first-order valence-electron chi connectivity index (χ1n) is 10.3. The van der Waals surface area contributed by atoms with E-state index in [1.54, 1.807) is 44.2 Å². The minimum Gasteiger partial charge on any atom is -0.496 e. The molecule has 0 bridgehead atoms. The highest BCUT2D eigenvalue weighted by Gasteiger charge is 2.19. The van der Waals surface area contributed by atoms with Crippen LogP contribution >= 0.6 is 19.6 Å². The van der Waals surface area contributed by atoms with Crippen molar-refractivity contribution in [3.8, 4) is 5.75 Å². The first-order valence-corrected chi connectivity index (χ1v) is 12.6. The largest absolute Gasteiger partial charge is 0.496 e. The van der Waals surface area contributed by atoms with Gasteiger partial charge in [0.25, 0.3) is 0 Å². The molecule has 0 aliphatic carbocycles. The van der Waals surface area contributed by atoms with E-state index in [0.717, 1.165) is 11.8 Å². The summed E-state index contributed by atoms with van der Waals surface area (Å²) in [6.07, 6.45) is 4.98. The van der Waals surface area contributed by atoms with Gasteiger partial charge in [0.15, 0.2) is 0 Å². The molecule has 0 unspecified atom stereocenters. The fraction of sp³-hybridized carbons (Fsp3) is 0.273. The maximum Gasteiger partial charge on any atom is 0.469 e. The number of para-hydroxylation sites is 1. The van der Waals surface area contributed by atoms with E-state index in [1.165, 1.54) is 24.3 Å². The van der Waals surface area contributed by atoms with Gasteiger partial charge in [-0.2, -0.15) is 0 Å². The predicted molar refractivity (Wildman–Crippen MR) is 133 cm³/mol. The lowest BCUT2D eigenvalue weighted by molar-refractivity contribution is -0.117. The van der Waals surface area contributed by atoms with Crippen molar-refractivity contribution in [2.75, 3.05) is 19.5 Å². The molecule has 2 rings (SSSR count). The molecular formula is C22H27N4O7PS. The zero-order chi connectivity index (χ0) is 26.0. The van der Waals surface area contributed by atoms with Gasteiger partial charge < -0.3 is 25.2 Å². The van der Waals surface area contributed by atoms with Crippen LogP contribution in [0.25, 0.3) is 6.08 Å². The molecule has 1 heterocycles. The molecule has 0 atom stereocenters. The number of ether oxygens (including phenoxy) is 1. The standard InChI is InChI=1S/C22H27N4O7PS/c1-15(26(14-27)13-18-12-24-16(2)25-22(18)23)20(10-11-33-34(29,30)31)35-21(28)9-8-17-6-4-5-7-19(17)32-3/h4-9,12,14H,10-11,13H2,1-3H3,(H2,23,24,25)(H2,29,30,31)/b9-8+,20-15-. The third kappa shape index (κ3) is 9.27. The maximum absolute atomic E-state index is 12.7. The third-order valence-electron chi connectivity index (χ3n) is 4.67. The van der Waals surface area contributed by atoms with E-state index in [0.29, 0.717) is 39.7 Å². The van der Waals surface area contributed by atoms with Gasteiger partial charge in [0.1, 0.15) is 17.4 Å². The number of thioether (sulfide) groups is 1. The molecule has 4 N–H and O–H groups in total. The number of benzene rings is 1. The number of nitrogens with zero attached hydrogens (tertiary/aromatic N) is 3. The fourth-order valence-corrected chi connectivity index (χ4v) is 4.05. The van der Waals surface area contributed by atoms with Gasteiger partial charge >= 0.3 is 7.82 Å². The van der Waals surface area contributed by atoms with Crippen molar-refractivity contribution in [3.63, 3.8) is 0 Å². The number of hydrogen-bond donors (Lipinski definition) is 3. The lowest BCUT2D eigenvalue weighted by atomic mass is 10.2. The maximum atomic E-state index is 12.7. The van der Waals surface area contributed by atoms with Gasteiger partial charge in [-0.15, -0.1) is 0 Å². The second kappa shape index (κ2) is 13.2.